The van der Waals surface area contributed by atoms with Crippen LogP contribution in [0.15, 0.2) is 18.5 Å². The molecule has 4 rings (SSSR count). The van der Waals surface area contributed by atoms with E-state index in [1.54, 1.807) is 18.5 Å². The van der Waals surface area contributed by atoms with E-state index in [1.165, 1.54) is 12.8 Å². The highest BCUT2D eigenvalue weighted by atomic mass is 16.2. The minimum atomic E-state index is -0.365. The summed E-state index contributed by atoms with van der Waals surface area (Å²) in [5.74, 6) is 0.457. The zero-order valence-corrected chi connectivity index (χ0v) is 15.1. The van der Waals surface area contributed by atoms with Gasteiger partial charge in [-0.25, -0.2) is 9.97 Å². The summed E-state index contributed by atoms with van der Waals surface area (Å²) in [5.41, 5.74) is 5.65. The van der Waals surface area contributed by atoms with Gasteiger partial charge in [0.1, 0.15) is 0 Å². The fourth-order valence-electron chi connectivity index (χ4n) is 4.44. The summed E-state index contributed by atoms with van der Waals surface area (Å²) in [6.07, 6.45) is 8.49. The largest absolute Gasteiger partial charge is 0.369 e. The Labute approximate surface area is 154 Å². The number of carbonyl (C=O) groups is 2. The molecule has 140 valence electrons. The first-order valence-electron chi connectivity index (χ1n) is 9.72. The molecule has 7 nitrogen and oxygen atoms in total. The van der Waals surface area contributed by atoms with Gasteiger partial charge in [0.15, 0.2) is 5.82 Å². The molecule has 7 heteroatoms. The summed E-state index contributed by atoms with van der Waals surface area (Å²) in [4.78, 5) is 38.3. The zero-order valence-electron chi connectivity index (χ0n) is 15.1. The standard InChI is InChI=1S/C19H27N5O2/c20-17(25)14-6-10-23(11-13-4-5-13)12-15(14)19(26)24-9-1-3-16(24)18-21-7-2-8-22-18/h2,7-8,13-16H,1,3-6,9-12H2,(H2,20,25)/t14-,15+,16-/m0/s1. The Hall–Kier alpha value is -2.02. The van der Waals surface area contributed by atoms with Crippen LogP contribution in [0, 0.1) is 17.8 Å². The van der Waals surface area contributed by atoms with Crippen LogP contribution in [0.5, 0.6) is 0 Å². The fourth-order valence-corrected chi connectivity index (χ4v) is 4.44. The molecule has 2 amide bonds. The van der Waals surface area contributed by atoms with Gasteiger partial charge in [0.2, 0.25) is 11.8 Å². The first-order chi connectivity index (χ1) is 12.6. The Kier molecular flexibility index (Phi) is 4.89. The molecule has 2 N–H and O–H groups in total. The average Bonchev–Trinajstić information content (AvgIpc) is 3.33. The lowest BCUT2D eigenvalue weighted by molar-refractivity contribution is -0.145. The predicted molar refractivity (Wildman–Crippen MR) is 95.7 cm³/mol. The van der Waals surface area contributed by atoms with Crippen LogP contribution in [0.2, 0.25) is 0 Å². The number of amides is 2. The van der Waals surface area contributed by atoms with Gasteiger partial charge in [0.25, 0.3) is 0 Å². The lowest BCUT2D eigenvalue weighted by Gasteiger charge is -2.39. The third-order valence-electron chi connectivity index (χ3n) is 6.01. The van der Waals surface area contributed by atoms with Crippen LogP contribution in [0.1, 0.15) is 44.0 Å². The molecule has 26 heavy (non-hydrogen) atoms. The maximum atomic E-state index is 13.4. The molecule has 3 heterocycles. The number of aromatic nitrogens is 2. The normalized spacial score (nSPS) is 29.7. The molecular formula is C19H27N5O2. The highest BCUT2D eigenvalue weighted by Crippen LogP contribution is 2.36. The number of primary amides is 1. The Morgan fingerprint density at radius 3 is 2.54 bits per heavy atom. The van der Waals surface area contributed by atoms with Crippen molar-refractivity contribution in [1.29, 1.82) is 0 Å². The van der Waals surface area contributed by atoms with Crippen molar-refractivity contribution < 1.29 is 9.59 Å². The van der Waals surface area contributed by atoms with E-state index in [1.807, 2.05) is 4.90 Å². The number of hydrogen-bond acceptors (Lipinski definition) is 5. The molecule has 1 aromatic rings. The number of likely N-dealkylation sites (tertiary alicyclic amines) is 2. The molecule has 1 saturated carbocycles. The highest BCUT2D eigenvalue weighted by Gasteiger charge is 2.43. The van der Waals surface area contributed by atoms with Crippen LogP contribution >= 0.6 is 0 Å². The van der Waals surface area contributed by atoms with E-state index in [2.05, 4.69) is 14.9 Å². The van der Waals surface area contributed by atoms with Crippen molar-refractivity contribution in [2.75, 3.05) is 26.2 Å². The SMILES string of the molecule is NC(=O)[C@H]1CCN(CC2CC2)C[C@H]1C(=O)N1CCC[C@H]1c1ncccn1. The number of nitrogens with zero attached hydrogens (tertiary/aromatic N) is 4. The van der Waals surface area contributed by atoms with E-state index in [9.17, 15) is 9.59 Å². The first-order valence-corrected chi connectivity index (χ1v) is 9.72. The third kappa shape index (κ3) is 3.58. The summed E-state index contributed by atoms with van der Waals surface area (Å²) in [6, 6.07) is 1.70. The van der Waals surface area contributed by atoms with E-state index >= 15 is 0 Å². The molecule has 2 aliphatic heterocycles. The van der Waals surface area contributed by atoms with Crippen molar-refractivity contribution in [2.24, 2.45) is 23.5 Å². The van der Waals surface area contributed by atoms with E-state index in [0.717, 1.165) is 31.8 Å². The highest BCUT2D eigenvalue weighted by molar-refractivity contribution is 5.87. The average molecular weight is 357 g/mol. The van der Waals surface area contributed by atoms with Crippen LogP contribution in [0.3, 0.4) is 0 Å². The van der Waals surface area contributed by atoms with Crippen molar-refractivity contribution in [2.45, 2.75) is 38.1 Å². The Morgan fingerprint density at radius 2 is 1.85 bits per heavy atom. The lowest BCUT2D eigenvalue weighted by Crippen LogP contribution is -2.52. The van der Waals surface area contributed by atoms with Gasteiger partial charge in [-0.05, 0) is 50.6 Å². The maximum Gasteiger partial charge on any atom is 0.228 e. The maximum absolute atomic E-state index is 13.4. The second kappa shape index (κ2) is 7.31. The fraction of sp³-hybridized carbons (Fsp3) is 0.684. The number of hydrogen-bond donors (Lipinski definition) is 1. The molecular weight excluding hydrogens is 330 g/mol. The summed E-state index contributed by atoms with van der Waals surface area (Å²) in [6.45, 7) is 3.24. The van der Waals surface area contributed by atoms with Crippen molar-refractivity contribution in [3.8, 4) is 0 Å². The lowest BCUT2D eigenvalue weighted by atomic mass is 9.83. The molecule has 3 atom stereocenters. The monoisotopic (exact) mass is 357 g/mol. The van der Waals surface area contributed by atoms with Crippen LogP contribution < -0.4 is 5.73 Å². The van der Waals surface area contributed by atoms with E-state index in [-0.39, 0.29) is 29.7 Å². The number of carbonyl (C=O) groups excluding carboxylic acids is 2. The summed E-state index contributed by atoms with van der Waals surface area (Å²) < 4.78 is 0. The van der Waals surface area contributed by atoms with Gasteiger partial charge in [-0.1, -0.05) is 0 Å². The quantitative estimate of drug-likeness (QED) is 0.848. The van der Waals surface area contributed by atoms with Gasteiger partial charge in [0.05, 0.1) is 17.9 Å². The van der Waals surface area contributed by atoms with Gasteiger partial charge in [0, 0.05) is 32.0 Å². The smallest absolute Gasteiger partial charge is 0.228 e. The molecule has 1 aromatic heterocycles. The molecule has 0 aromatic carbocycles. The van der Waals surface area contributed by atoms with Crippen molar-refractivity contribution in [1.82, 2.24) is 19.8 Å². The predicted octanol–water partition coefficient (Wildman–Crippen LogP) is 0.973. The molecule has 0 spiro atoms. The third-order valence-corrected chi connectivity index (χ3v) is 6.01. The van der Waals surface area contributed by atoms with Gasteiger partial charge in [-0.15, -0.1) is 0 Å². The summed E-state index contributed by atoms with van der Waals surface area (Å²) in [5, 5.41) is 0. The van der Waals surface area contributed by atoms with Gasteiger partial charge < -0.3 is 15.5 Å². The van der Waals surface area contributed by atoms with Crippen LogP contribution in [0.4, 0.5) is 0 Å². The Bertz CT molecular complexity index is 663. The van der Waals surface area contributed by atoms with E-state index in [4.69, 9.17) is 5.73 Å². The molecule has 3 aliphatic rings. The molecule has 3 fully saturated rings. The van der Waals surface area contributed by atoms with Gasteiger partial charge in [-0.3, -0.25) is 9.59 Å². The first kappa shape index (κ1) is 17.4. The Morgan fingerprint density at radius 1 is 1.08 bits per heavy atom. The second-order valence-electron chi connectivity index (χ2n) is 7.90. The van der Waals surface area contributed by atoms with Crippen molar-refractivity contribution in [3.63, 3.8) is 0 Å². The second-order valence-corrected chi connectivity index (χ2v) is 7.90. The minimum Gasteiger partial charge on any atom is -0.369 e. The van der Waals surface area contributed by atoms with E-state index < -0.39 is 0 Å². The van der Waals surface area contributed by atoms with Crippen molar-refractivity contribution in [3.05, 3.63) is 24.3 Å². The number of piperidine rings is 1. The number of rotatable bonds is 5. The topological polar surface area (TPSA) is 92.4 Å². The number of nitrogens with two attached hydrogens (primary N) is 1. The van der Waals surface area contributed by atoms with Crippen LogP contribution in [-0.4, -0.2) is 57.8 Å². The van der Waals surface area contributed by atoms with Crippen LogP contribution in [0.25, 0.3) is 0 Å². The molecule has 0 bridgehead atoms. The summed E-state index contributed by atoms with van der Waals surface area (Å²) >= 11 is 0. The molecule has 0 unspecified atom stereocenters. The minimum absolute atomic E-state index is 0.0456. The van der Waals surface area contributed by atoms with Gasteiger partial charge >= 0.3 is 0 Å². The summed E-state index contributed by atoms with van der Waals surface area (Å²) in [7, 11) is 0. The zero-order chi connectivity index (χ0) is 18.1. The van der Waals surface area contributed by atoms with Crippen molar-refractivity contribution >= 4 is 11.8 Å². The van der Waals surface area contributed by atoms with Gasteiger partial charge in [-0.2, -0.15) is 0 Å². The molecule has 0 radical (unpaired) electrons. The molecule has 1 aliphatic carbocycles. The van der Waals surface area contributed by atoms with E-state index in [0.29, 0.717) is 25.3 Å². The molecule has 2 saturated heterocycles. The Balaban J connectivity index is 1.51. The van der Waals surface area contributed by atoms with Crippen LogP contribution in [-0.2, 0) is 9.59 Å².